The van der Waals surface area contributed by atoms with Gasteiger partial charge in [0.05, 0.1) is 23.4 Å². The third kappa shape index (κ3) is 4.04. The summed E-state index contributed by atoms with van der Waals surface area (Å²) >= 11 is 3.26. The molecule has 1 aliphatic heterocycles. The molecule has 9 heteroatoms. The summed E-state index contributed by atoms with van der Waals surface area (Å²) in [5.74, 6) is 4.03. The Morgan fingerprint density at radius 1 is 1.13 bits per heavy atom. The maximum absolute atomic E-state index is 5.88. The zero-order valence-electron chi connectivity index (χ0n) is 16.8. The molecule has 0 aromatic carbocycles. The maximum atomic E-state index is 5.88. The molecule has 0 atom stereocenters. The van der Waals surface area contributed by atoms with Crippen LogP contribution in [0.4, 0.5) is 5.95 Å². The number of oxazole rings is 1. The van der Waals surface area contributed by atoms with Crippen molar-refractivity contribution in [3.8, 4) is 10.8 Å². The Kier molecular flexibility index (Phi) is 5.63. The Hall–Kier alpha value is -2.52. The van der Waals surface area contributed by atoms with E-state index in [1.54, 1.807) is 29.4 Å². The van der Waals surface area contributed by atoms with Gasteiger partial charge >= 0.3 is 0 Å². The summed E-state index contributed by atoms with van der Waals surface area (Å²) < 4.78 is 13.6. The van der Waals surface area contributed by atoms with E-state index in [1.165, 1.54) is 19.3 Å². The number of rotatable bonds is 7. The van der Waals surface area contributed by atoms with Crippen molar-refractivity contribution >= 4 is 29.0 Å². The van der Waals surface area contributed by atoms with Gasteiger partial charge in [-0.15, -0.1) is 21.5 Å². The average Bonchev–Trinajstić information content (AvgIpc) is 3.56. The summed E-state index contributed by atoms with van der Waals surface area (Å²) in [6.07, 6.45) is 5.37. The lowest BCUT2D eigenvalue weighted by molar-refractivity contribution is 0.479. The molecule has 5 heterocycles. The largest absolute Gasteiger partial charge is 0.467 e. The molecule has 5 rings (SSSR count). The third-order valence-corrected chi connectivity index (χ3v) is 7.03. The van der Waals surface area contributed by atoms with Gasteiger partial charge in [0.15, 0.2) is 5.16 Å². The van der Waals surface area contributed by atoms with Crippen LogP contribution in [0.15, 0.2) is 49.9 Å². The number of thioether (sulfide) groups is 1. The zero-order chi connectivity index (χ0) is 20.3. The van der Waals surface area contributed by atoms with Gasteiger partial charge in [-0.25, -0.2) is 4.98 Å². The molecule has 156 valence electrons. The van der Waals surface area contributed by atoms with Crippen molar-refractivity contribution in [3.05, 3.63) is 53.1 Å². The average molecular weight is 442 g/mol. The van der Waals surface area contributed by atoms with Gasteiger partial charge < -0.3 is 13.7 Å². The van der Waals surface area contributed by atoms with Gasteiger partial charge in [-0.1, -0.05) is 17.8 Å². The van der Waals surface area contributed by atoms with E-state index in [-0.39, 0.29) is 0 Å². The van der Waals surface area contributed by atoms with Gasteiger partial charge in [0.25, 0.3) is 0 Å². The van der Waals surface area contributed by atoms with Crippen molar-refractivity contribution < 1.29 is 8.83 Å². The van der Waals surface area contributed by atoms with Crippen LogP contribution in [0.5, 0.6) is 0 Å². The van der Waals surface area contributed by atoms with Crippen LogP contribution in [0, 0.1) is 6.92 Å². The Labute approximate surface area is 183 Å². The summed E-state index contributed by atoms with van der Waals surface area (Å²) in [5.41, 5.74) is 0.940. The first-order chi connectivity index (χ1) is 14.8. The Morgan fingerprint density at radius 3 is 2.80 bits per heavy atom. The summed E-state index contributed by atoms with van der Waals surface area (Å²) in [5, 5.41) is 11.9. The SMILES string of the molecule is Cc1oc(-c2cccs2)nc1CSc1nnc(N2CCCCC2)n1Cc1ccco1. The van der Waals surface area contributed by atoms with Crippen LogP contribution >= 0.6 is 23.1 Å². The normalized spacial score (nSPS) is 14.5. The molecule has 1 aliphatic rings. The zero-order valence-corrected chi connectivity index (χ0v) is 18.4. The number of anilines is 1. The highest BCUT2D eigenvalue weighted by Crippen LogP contribution is 2.31. The standard InChI is InChI=1S/C21H23N5O2S2/c1-15-17(22-19(28-15)18-8-6-12-29-18)14-30-21-24-23-20(25-9-3-2-4-10-25)26(21)13-16-7-5-11-27-16/h5-8,11-12H,2-4,9-10,13-14H2,1H3. The fourth-order valence-corrected chi connectivity index (χ4v) is 5.20. The first kappa shape index (κ1) is 19.4. The maximum Gasteiger partial charge on any atom is 0.236 e. The molecule has 0 spiro atoms. The van der Waals surface area contributed by atoms with Crippen molar-refractivity contribution in [1.29, 1.82) is 0 Å². The van der Waals surface area contributed by atoms with E-state index in [0.29, 0.717) is 18.2 Å². The number of piperidine rings is 1. The van der Waals surface area contributed by atoms with Gasteiger partial charge in [-0.2, -0.15) is 0 Å². The molecule has 0 N–H and O–H groups in total. The monoisotopic (exact) mass is 441 g/mol. The summed E-state index contributed by atoms with van der Waals surface area (Å²) in [6.45, 7) is 4.63. The molecule has 4 aromatic rings. The van der Waals surface area contributed by atoms with E-state index in [0.717, 1.165) is 46.3 Å². The number of hydrogen-bond donors (Lipinski definition) is 0. The minimum absolute atomic E-state index is 0.617. The van der Waals surface area contributed by atoms with Gasteiger partial charge in [0.2, 0.25) is 11.8 Å². The number of aromatic nitrogens is 4. The van der Waals surface area contributed by atoms with Crippen LogP contribution in [0.2, 0.25) is 0 Å². The first-order valence-electron chi connectivity index (χ1n) is 10.1. The topological polar surface area (TPSA) is 73.1 Å². The molecule has 7 nitrogen and oxygen atoms in total. The van der Waals surface area contributed by atoms with Gasteiger partial charge in [-0.05, 0) is 49.8 Å². The molecular weight excluding hydrogens is 418 g/mol. The van der Waals surface area contributed by atoms with Gasteiger partial charge in [0, 0.05) is 18.8 Å². The Balaban J connectivity index is 1.38. The molecule has 30 heavy (non-hydrogen) atoms. The van der Waals surface area contributed by atoms with Crippen molar-refractivity contribution in [2.45, 2.75) is 43.6 Å². The molecule has 4 aromatic heterocycles. The number of hydrogen-bond acceptors (Lipinski definition) is 8. The van der Waals surface area contributed by atoms with Crippen molar-refractivity contribution in [1.82, 2.24) is 19.7 Å². The molecule has 0 aliphatic carbocycles. The molecular formula is C21H23N5O2S2. The van der Waals surface area contributed by atoms with Crippen molar-refractivity contribution in [2.75, 3.05) is 18.0 Å². The molecule has 0 saturated carbocycles. The van der Waals surface area contributed by atoms with E-state index >= 15 is 0 Å². The van der Waals surface area contributed by atoms with E-state index in [2.05, 4.69) is 19.7 Å². The Bertz CT molecular complexity index is 1080. The summed E-state index contributed by atoms with van der Waals surface area (Å²) in [4.78, 5) is 8.08. The highest BCUT2D eigenvalue weighted by Gasteiger charge is 2.22. The molecule has 1 fully saturated rings. The summed E-state index contributed by atoms with van der Waals surface area (Å²) in [6, 6.07) is 7.94. The predicted molar refractivity (Wildman–Crippen MR) is 118 cm³/mol. The lowest BCUT2D eigenvalue weighted by Crippen LogP contribution is -2.32. The lowest BCUT2D eigenvalue weighted by atomic mass is 10.1. The van der Waals surface area contributed by atoms with Gasteiger partial charge in [0.1, 0.15) is 11.5 Å². The van der Waals surface area contributed by atoms with Crippen LogP contribution in [0.1, 0.15) is 36.5 Å². The molecule has 0 radical (unpaired) electrons. The van der Waals surface area contributed by atoms with Crippen molar-refractivity contribution in [2.24, 2.45) is 0 Å². The van der Waals surface area contributed by atoms with Crippen LogP contribution in [-0.4, -0.2) is 32.8 Å². The number of nitrogens with zero attached hydrogens (tertiary/aromatic N) is 5. The van der Waals surface area contributed by atoms with Crippen LogP contribution in [0.25, 0.3) is 10.8 Å². The number of aryl methyl sites for hydroxylation is 1. The third-order valence-electron chi connectivity index (χ3n) is 5.19. The lowest BCUT2D eigenvalue weighted by Gasteiger charge is -2.27. The number of thiophene rings is 1. The Morgan fingerprint density at radius 2 is 2.03 bits per heavy atom. The van der Waals surface area contributed by atoms with E-state index in [9.17, 15) is 0 Å². The molecule has 1 saturated heterocycles. The fraction of sp³-hybridized carbons (Fsp3) is 0.381. The molecule has 0 amide bonds. The highest BCUT2D eigenvalue weighted by atomic mass is 32.2. The smallest absolute Gasteiger partial charge is 0.236 e. The number of furan rings is 1. The second kappa shape index (κ2) is 8.69. The summed E-state index contributed by atoms with van der Waals surface area (Å²) in [7, 11) is 0. The van der Waals surface area contributed by atoms with E-state index < -0.39 is 0 Å². The second-order valence-electron chi connectivity index (χ2n) is 7.28. The van der Waals surface area contributed by atoms with E-state index in [4.69, 9.17) is 13.8 Å². The minimum Gasteiger partial charge on any atom is -0.467 e. The van der Waals surface area contributed by atoms with Crippen molar-refractivity contribution in [3.63, 3.8) is 0 Å². The second-order valence-corrected chi connectivity index (χ2v) is 9.17. The van der Waals surface area contributed by atoms with Gasteiger partial charge in [-0.3, -0.25) is 4.57 Å². The quantitative estimate of drug-likeness (QED) is 0.364. The predicted octanol–water partition coefficient (Wildman–Crippen LogP) is 5.23. The minimum atomic E-state index is 0.617. The highest BCUT2D eigenvalue weighted by molar-refractivity contribution is 7.98. The fourth-order valence-electron chi connectivity index (χ4n) is 3.61. The van der Waals surface area contributed by atoms with E-state index in [1.807, 2.05) is 36.6 Å². The molecule has 0 unspecified atom stereocenters. The van der Waals surface area contributed by atoms with Crippen LogP contribution < -0.4 is 4.90 Å². The van der Waals surface area contributed by atoms with Crippen LogP contribution in [-0.2, 0) is 12.3 Å². The molecule has 0 bridgehead atoms. The first-order valence-corrected chi connectivity index (χ1v) is 12.0. The van der Waals surface area contributed by atoms with Crippen LogP contribution in [0.3, 0.4) is 0 Å².